The van der Waals surface area contributed by atoms with Crippen LogP contribution in [0.4, 0.5) is 0 Å². The van der Waals surface area contributed by atoms with Crippen LogP contribution < -0.4 is 15.8 Å². The maximum Gasteiger partial charge on any atom is 0.162 e. The molecule has 0 amide bonds. The first-order valence-corrected chi connectivity index (χ1v) is 17.9. The summed E-state index contributed by atoms with van der Waals surface area (Å²) in [7, 11) is -2.48. The van der Waals surface area contributed by atoms with E-state index in [0.717, 1.165) is 16.3 Å². The minimum atomic E-state index is -2.87. The minimum absolute atomic E-state index is 0.944. The van der Waals surface area contributed by atoms with E-state index in [9.17, 15) is 0 Å². The van der Waals surface area contributed by atoms with Gasteiger partial charge in [0.25, 0.3) is 0 Å². The summed E-state index contributed by atoms with van der Waals surface area (Å²) in [5.74, 6) is 0. The summed E-state index contributed by atoms with van der Waals surface area (Å²) in [6.45, 7) is 1.64. The molecule has 0 spiro atoms. The maximum atomic E-state index is 15.2. The maximum absolute atomic E-state index is 15.2. The predicted molar refractivity (Wildman–Crippen MR) is 158 cm³/mol. The molecule has 0 radical (unpaired) electrons. The van der Waals surface area contributed by atoms with Crippen molar-refractivity contribution in [2.24, 2.45) is 0 Å². The fourth-order valence-electron chi connectivity index (χ4n) is 5.47. The van der Waals surface area contributed by atoms with Gasteiger partial charge >= 0.3 is 0 Å². The third-order valence-electron chi connectivity index (χ3n) is 7.44. The molecule has 0 unspecified atom stereocenters. The highest BCUT2D eigenvalue weighted by atomic mass is 31.4. The zero-order chi connectivity index (χ0) is 24.8. The molecule has 0 aliphatic heterocycles. The Kier molecular flexibility index (Phi) is 5.56. The first-order valence-electron chi connectivity index (χ1n) is 12.3. The van der Waals surface area contributed by atoms with E-state index < -0.39 is 14.4 Å². The van der Waals surface area contributed by atoms with Gasteiger partial charge < -0.3 is 9.13 Å². The molecule has 0 N–H and O–H groups in total. The molecule has 176 valence electrons. The Bertz CT molecular complexity index is 1620. The number of nitrogens with zero attached hydrogens (tertiary/aromatic N) is 1. The van der Waals surface area contributed by atoms with Crippen molar-refractivity contribution >= 4 is 52.0 Å². The Hall–Kier alpha value is -3.65. The van der Waals surface area contributed by atoms with Gasteiger partial charge in [-0.2, -0.15) is 0 Å². The average Bonchev–Trinajstić information content (AvgIpc) is 3.28. The van der Waals surface area contributed by atoms with Crippen molar-refractivity contribution in [1.29, 1.82) is 0 Å². The van der Waals surface area contributed by atoms with E-state index in [4.69, 9.17) is 0 Å². The Morgan fingerprint density at radius 1 is 0.528 bits per heavy atom. The Balaban J connectivity index is 1.51. The van der Waals surface area contributed by atoms with Crippen molar-refractivity contribution in [2.45, 2.75) is 13.1 Å². The van der Waals surface area contributed by atoms with Gasteiger partial charge in [0.15, 0.2) is 7.74 Å². The van der Waals surface area contributed by atoms with Crippen LogP contribution in [0.5, 0.6) is 0 Å². The molecule has 0 aliphatic carbocycles. The topological polar surface area (TPSA) is 22.0 Å². The predicted octanol–water partition coefficient (Wildman–Crippen LogP) is 7.21. The molecule has 4 heteroatoms. The van der Waals surface area contributed by atoms with Crippen molar-refractivity contribution in [3.05, 3.63) is 133 Å². The van der Waals surface area contributed by atoms with Gasteiger partial charge in [0.1, 0.15) is 6.69 Å². The fraction of sp³-hybridized carbons (Fsp3) is 0.0625. The number of hydrogen-bond acceptors (Lipinski definition) is 1. The monoisotopic (exact) mass is 501 g/mol. The normalized spacial score (nSPS) is 12.3. The summed E-state index contributed by atoms with van der Waals surface area (Å²) in [5.41, 5.74) is 3.51. The molecular weight excluding hydrogens is 473 g/mol. The molecule has 6 rings (SSSR count). The molecule has 2 nitrogen and oxygen atoms in total. The molecule has 0 aliphatic rings. The lowest BCUT2D eigenvalue weighted by atomic mass is 10.2. The molecule has 5 aromatic carbocycles. The van der Waals surface area contributed by atoms with Crippen LogP contribution in [-0.4, -0.2) is 12.3 Å². The van der Waals surface area contributed by atoms with E-state index in [1.165, 1.54) is 27.0 Å². The first-order chi connectivity index (χ1) is 17.5. The second-order valence-electron chi connectivity index (χ2n) is 9.76. The van der Waals surface area contributed by atoms with E-state index in [2.05, 4.69) is 90.5 Å². The molecule has 1 aromatic heterocycles. The summed E-state index contributed by atoms with van der Waals surface area (Å²) < 4.78 is 17.5. The van der Waals surface area contributed by atoms with E-state index in [1.807, 2.05) is 60.7 Å². The lowest BCUT2D eigenvalue weighted by Crippen LogP contribution is -2.47. The van der Waals surface area contributed by atoms with Gasteiger partial charge in [-0.15, -0.1) is 0 Å². The van der Waals surface area contributed by atoms with Crippen molar-refractivity contribution in [3.8, 4) is 5.69 Å². The number of fused-ring (bicyclic) bond motifs is 3. The van der Waals surface area contributed by atoms with Crippen LogP contribution in [0.15, 0.2) is 133 Å². The van der Waals surface area contributed by atoms with Crippen molar-refractivity contribution < 1.29 is 4.57 Å². The number of rotatable bonds is 5. The zero-order valence-corrected chi connectivity index (χ0v) is 22.4. The van der Waals surface area contributed by atoms with Crippen molar-refractivity contribution in [3.63, 3.8) is 0 Å². The molecule has 0 fully saturated rings. The number of aromatic nitrogens is 1. The van der Waals surface area contributed by atoms with E-state index in [1.54, 1.807) is 0 Å². The SMILES string of the molecule is C[Si](C)(c1ccc(-n2c3ccccc3c3ccccc32)cc1)P(=O)(c1ccccc1)c1ccccc1. The third kappa shape index (κ3) is 3.43. The van der Waals surface area contributed by atoms with Crippen LogP contribution >= 0.6 is 6.69 Å². The second-order valence-corrected chi connectivity index (χ2v) is 20.9. The van der Waals surface area contributed by atoms with Crippen molar-refractivity contribution in [1.82, 2.24) is 4.57 Å². The summed E-state index contributed by atoms with van der Waals surface area (Å²) >= 11 is 0. The van der Waals surface area contributed by atoms with Gasteiger partial charge in [0, 0.05) is 27.1 Å². The smallest absolute Gasteiger partial charge is 0.162 e. The highest BCUT2D eigenvalue weighted by Crippen LogP contribution is 2.52. The summed E-state index contributed by atoms with van der Waals surface area (Å²) in [6, 6.07) is 46.1. The standard InChI is InChI=1S/C32H28NOPSi/c1-36(2,35(34,26-13-5-3-6-14-26)27-15-7-4-8-16-27)28-23-21-25(22-24-28)33-31-19-11-9-17-29(31)30-18-10-12-20-32(30)33/h3-24H,1-2H3. The molecule has 0 atom stereocenters. The van der Waals surface area contributed by atoms with Crippen LogP contribution in [0.2, 0.25) is 13.1 Å². The van der Waals surface area contributed by atoms with Gasteiger partial charge in [0.05, 0.1) is 11.0 Å². The lowest BCUT2D eigenvalue weighted by molar-refractivity contribution is 0.594. The number of benzene rings is 5. The largest absolute Gasteiger partial charge is 0.319 e. The van der Waals surface area contributed by atoms with Crippen molar-refractivity contribution in [2.75, 3.05) is 0 Å². The molecule has 6 aromatic rings. The molecule has 0 saturated heterocycles. The van der Waals surface area contributed by atoms with Gasteiger partial charge in [-0.05, 0) is 24.3 Å². The highest BCUT2D eigenvalue weighted by Gasteiger charge is 2.46. The van der Waals surface area contributed by atoms with E-state index >= 15 is 4.57 Å². The van der Waals surface area contributed by atoms with Crippen LogP contribution in [0.25, 0.3) is 27.5 Å². The Labute approximate surface area is 213 Å². The highest BCUT2D eigenvalue weighted by molar-refractivity contribution is 8.10. The Morgan fingerprint density at radius 3 is 1.42 bits per heavy atom. The summed E-state index contributed by atoms with van der Waals surface area (Å²) in [4.78, 5) is 0. The molecule has 0 bridgehead atoms. The van der Waals surface area contributed by atoms with Crippen LogP contribution in [0.3, 0.4) is 0 Å². The fourth-order valence-corrected chi connectivity index (χ4v) is 15.9. The molecule has 36 heavy (non-hydrogen) atoms. The first kappa shape index (κ1) is 22.8. The summed E-state index contributed by atoms with van der Waals surface area (Å²) in [6.07, 6.45) is 0. The minimum Gasteiger partial charge on any atom is -0.319 e. The van der Waals surface area contributed by atoms with Crippen LogP contribution in [0.1, 0.15) is 0 Å². The molecule has 1 heterocycles. The Morgan fingerprint density at radius 2 is 0.944 bits per heavy atom. The zero-order valence-electron chi connectivity index (χ0n) is 20.5. The van der Waals surface area contributed by atoms with Gasteiger partial charge in [-0.25, -0.2) is 0 Å². The van der Waals surface area contributed by atoms with Crippen LogP contribution in [0, 0.1) is 0 Å². The van der Waals surface area contributed by atoms with Gasteiger partial charge in [-0.3, -0.25) is 0 Å². The number of para-hydroxylation sites is 2. The van der Waals surface area contributed by atoms with Gasteiger partial charge in [-0.1, -0.05) is 127 Å². The number of hydrogen-bond donors (Lipinski definition) is 0. The molecule has 0 saturated carbocycles. The second kappa shape index (κ2) is 8.78. The summed E-state index contributed by atoms with van der Waals surface area (Å²) in [5, 5.41) is 5.59. The van der Waals surface area contributed by atoms with Gasteiger partial charge in [0.2, 0.25) is 0 Å². The lowest BCUT2D eigenvalue weighted by Gasteiger charge is -2.34. The third-order valence-corrected chi connectivity index (χ3v) is 19.9. The quantitative estimate of drug-likeness (QED) is 0.181. The van der Waals surface area contributed by atoms with Crippen LogP contribution in [-0.2, 0) is 4.57 Å². The average molecular weight is 502 g/mol. The molecular formula is C32H28NOPSi. The van der Waals surface area contributed by atoms with E-state index in [-0.39, 0.29) is 0 Å². The van der Waals surface area contributed by atoms with E-state index in [0.29, 0.717) is 0 Å².